The van der Waals surface area contributed by atoms with Crippen molar-refractivity contribution < 1.29 is 27.1 Å². The summed E-state index contributed by atoms with van der Waals surface area (Å²) in [5.74, 6) is -3.05. The fourth-order valence-electron chi connectivity index (χ4n) is 4.77. The molecule has 1 fully saturated rings. The van der Waals surface area contributed by atoms with Crippen molar-refractivity contribution in [2.45, 2.75) is 25.1 Å². The van der Waals surface area contributed by atoms with Gasteiger partial charge in [-0.05, 0) is 54.7 Å². The van der Waals surface area contributed by atoms with Crippen LogP contribution in [0.3, 0.4) is 0 Å². The number of carbonyl (C=O) groups is 1. The average Bonchev–Trinajstić information content (AvgIpc) is 3.31. The van der Waals surface area contributed by atoms with E-state index in [2.05, 4.69) is 26.8 Å². The molecule has 0 saturated carbocycles. The van der Waals surface area contributed by atoms with Crippen LogP contribution in [0.4, 0.5) is 23.2 Å². The minimum Gasteiger partial charge on any atom is -0.398 e. The van der Waals surface area contributed by atoms with Gasteiger partial charge < -0.3 is 14.2 Å². The number of nitrogens with zero attached hydrogens (tertiary/aromatic N) is 3. The molecule has 0 aliphatic carbocycles. The summed E-state index contributed by atoms with van der Waals surface area (Å²) >= 11 is 0. The van der Waals surface area contributed by atoms with Gasteiger partial charge in [0.2, 0.25) is 5.88 Å². The lowest BCUT2D eigenvalue weighted by atomic mass is 9.85. The maximum atomic E-state index is 14.1. The minimum absolute atomic E-state index is 0.122. The number of anilines is 1. The Morgan fingerprint density at radius 2 is 1.78 bits per heavy atom. The van der Waals surface area contributed by atoms with Crippen LogP contribution in [0.2, 0.25) is 0 Å². The summed E-state index contributed by atoms with van der Waals surface area (Å²) in [5, 5.41) is 0. The summed E-state index contributed by atoms with van der Waals surface area (Å²) in [6.45, 7) is 1.60. The highest BCUT2D eigenvalue weighted by Crippen LogP contribution is 2.49. The molecule has 2 aliphatic rings. The van der Waals surface area contributed by atoms with E-state index in [0.717, 1.165) is 31.6 Å². The van der Waals surface area contributed by atoms with Gasteiger partial charge in [0.25, 0.3) is 0 Å². The van der Waals surface area contributed by atoms with Crippen molar-refractivity contribution in [2.75, 3.05) is 18.0 Å². The van der Waals surface area contributed by atoms with Crippen LogP contribution in [0.5, 0.6) is 5.88 Å². The van der Waals surface area contributed by atoms with Gasteiger partial charge in [-0.2, -0.15) is 13.2 Å². The second-order valence-corrected chi connectivity index (χ2v) is 8.03. The highest BCUT2D eigenvalue weighted by molar-refractivity contribution is 5.81. The quantitative estimate of drug-likeness (QED) is 0.422. The van der Waals surface area contributed by atoms with E-state index < -0.39 is 23.8 Å². The smallest absolute Gasteiger partial charge is 0.398 e. The van der Waals surface area contributed by atoms with Crippen LogP contribution in [-0.2, 0) is 4.79 Å². The number of aromatic nitrogens is 2. The standard InChI is InChI=1S/C23H19F4N3O2/c24-15-6-7-17-18(12-15)19(14-8-10-29(11-9-14)16-4-2-1-3-5-16)30-13-28-21(20(17)30)32-22(31)23(25,26)27/h1-7,12-14,19H,8-11H2. The minimum atomic E-state index is -5.13. The van der Waals surface area contributed by atoms with Crippen LogP contribution in [0.25, 0.3) is 11.3 Å². The van der Waals surface area contributed by atoms with Crippen LogP contribution < -0.4 is 9.64 Å². The van der Waals surface area contributed by atoms with E-state index in [1.165, 1.54) is 24.5 Å². The molecule has 9 heteroatoms. The normalized spacial score (nSPS) is 18.4. The predicted octanol–water partition coefficient (Wildman–Crippen LogP) is 4.98. The topological polar surface area (TPSA) is 47.4 Å². The van der Waals surface area contributed by atoms with Gasteiger partial charge in [0.15, 0.2) is 0 Å². The SMILES string of the molecule is O=C(Oc1ncn2c1-c1ccc(F)cc1C2C1CCN(c2ccccc2)CC1)C(F)(F)F. The van der Waals surface area contributed by atoms with Gasteiger partial charge in [-0.15, -0.1) is 0 Å². The maximum Gasteiger partial charge on any atom is 0.491 e. The Kier molecular flexibility index (Phi) is 4.91. The number of hydrogen-bond acceptors (Lipinski definition) is 4. The molecule has 166 valence electrons. The van der Waals surface area contributed by atoms with E-state index in [4.69, 9.17) is 0 Å². The van der Waals surface area contributed by atoms with Gasteiger partial charge in [0, 0.05) is 24.3 Å². The number of halogens is 4. The molecule has 0 radical (unpaired) electrons. The van der Waals surface area contributed by atoms with E-state index in [1.54, 1.807) is 4.57 Å². The van der Waals surface area contributed by atoms with Gasteiger partial charge >= 0.3 is 12.1 Å². The van der Waals surface area contributed by atoms with Crippen LogP contribution in [0.1, 0.15) is 24.4 Å². The third-order valence-electron chi connectivity index (χ3n) is 6.18. The number of alkyl halides is 3. The van der Waals surface area contributed by atoms with Crippen LogP contribution in [-0.4, -0.2) is 34.8 Å². The molecule has 0 bridgehead atoms. The zero-order valence-electron chi connectivity index (χ0n) is 16.8. The van der Waals surface area contributed by atoms with Crippen molar-refractivity contribution in [3.05, 3.63) is 66.2 Å². The summed E-state index contributed by atoms with van der Waals surface area (Å²) in [4.78, 5) is 17.6. The molecule has 1 saturated heterocycles. The van der Waals surface area contributed by atoms with E-state index in [9.17, 15) is 22.4 Å². The van der Waals surface area contributed by atoms with E-state index in [0.29, 0.717) is 11.1 Å². The Morgan fingerprint density at radius 3 is 2.47 bits per heavy atom. The molecule has 1 atom stereocenters. The highest BCUT2D eigenvalue weighted by atomic mass is 19.4. The monoisotopic (exact) mass is 445 g/mol. The third kappa shape index (κ3) is 3.51. The Labute approximate surface area is 181 Å². The van der Waals surface area contributed by atoms with Crippen molar-refractivity contribution >= 4 is 11.7 Å². The summed E-state index contributed by atoms with van der Waals surface area (Å²) in [7, 11) is 0. The van der Waals surface area contributed by atoms with Crippen LogP contribution in [0, 0.1) is 11.7 Å². The van der Waals surface area contributed by atoms with Gasteiger partial charge in [0.05, 0.1) is 12.4 Å². The predicted molar refractivity (Wildman–Crippen MR) is 109 cm³/mol. The second-order valence-electron chi connectivity index (χ2n) is 8.03. The van der Waals surface area contributed by atoms with E-state index >= 15 is 0 Å². The van der Waals surface area contributed by atoms with Gasteiger partial charge in [0.1, 0.15) is 11.5 Å². The molecule has 3 heterocycles. The number of imidazole rings is 1. The molecule has 0 amide bonds. The first-order valence-corrected chi connectivity index (χ1v) is 10.3. The second kappa shape index (κ2) is 7.65. The number of hydrogen-bond donors (Lipinski definition) is 0. The molecule has 1 aromatic heterocycles. The summed E-state index contributed by atoms with van der Waals surface area (Å²) in [5.41, 5.74) is 2.61. The van der Waals surface area contributed by atoms with Crippen molar-refractivity contribution in [1.82, 2.24) is 9.55 Å². The number of para-hydroxylation sites is 1. The molecule has 2 aliphatic heterocycles. The number of rotatable bonds is 3. The zero-order chi connectivity index (χ0) is 22.5. The van der Waals surface area contributed by atoms with Crippen LogP contribution in [0.15, 0.2) is 54.9 Å². The molecule has 5 rings (SSSR count). The fraction of sp³-hybridized carbons (Fsp3) is 0.304. The van der Waals surface area contributed by atoms with Gasteiger partial charge in [-0.1, -0.05) is 18.2 Å². The van der Waals surface area contributed by atoms with Gasteiger partial charge in [-0.3, -0.25) is 0 Å². The van der Waals surface area contributed by atoms with Crippen LogP contribution >= 0.6 is 0 Å². The lowest BCUT2D eigenvalue weighted by molar-refractivity contribution is -0.189. The fourth-order valence-corrected chi connectivity index (χ4v) is 4.77. The van der Waals surface area contributed by atoms with E-state index in [1.807, 2.05) is 18.2 Å². The summed E-state index contributed by atoms with van der Waals surface area (Å²) in [6, 6.07) is 13.9. The molecule has 0 N–H and O–H groups in total. The molecular weight excluding hydrogens is 426 g/mol. The Balaban J connectivity index is 1.45. The zero-order valence-corrected chi connectivity index (χ0v) is 16.8. The largest absolute Gasteiger partial charge is 0.491 e. The molecule has 0 spiro atoms. The number of carbonyl (C=O) groups excluding carboxylic acids is 1. The number of piperidine rings is 1. The number of esters is 1. The highest BCUT2D eigenvalue weighted by Gasteiger charge is 2.44. The van der Waals surface area contributed by atoms with Crippen molar-refractivity contribution in [1.29, 1.82) is 0 Å². The summed E-state index contributed by atoms with van der Waals surface area (Å²) in [6.07, 6.45) is -2.14. The van der Waals surface area contributed by atoms with Crippen molar-refractivity contribution in [3.8, 4) is 17.1 Å². The maximum absolute atomic E-state index is 14.1. The number of ether oxygens (including phenoxy) is 1. The van der Waals surface area contributed by atoms with Gasteiger partial charge in [-0.25, -0.2) is 14.2 Å². The molecule has 2 aromatic carbocycles. The summed E-state index contributed by atoms with van der Waals surface area (Å²) < 4.78 is 58.6. The Morgan fingerprint density at radius 1 is 1.06 bits per heavy atom. The van der Waals surface area contributed by atoms with Crippen molar-refractivity contribution in [3.63, 3.8) is 0 Å². The van der Waals surface area contributed by atoms with Crippen molar-refractivity contribution in [2.24, 2.45) is 5.92 Å². The third-order valence-corrected chi connectivity index (χ3v) is 6.18. The average molecular weight is 445 g/mol. The molecule has 5 nitrogen and oxygen atoms in total. The number of benzene rings is 2. The lowest BCUT2D eigenvalue weighted by Gasteiger charge is -2.37. The molecular formula is C23H19F4N3O2. The number of fused-ring (bicyclic) bond motifs is 3. The lowest BCUT2D eigenvalue weighted by Crippen LogP contribution is -2.36. The molecule has 1 unspecified atom stereocenters. The molecule has 32 heavy (non-hydrogen) atoms. The van der Waals surface area contributed by atoms with E-state index in [-0.39, 0.29) is 17.7 Å². The molecule has 3 aromatic rings. The Hall–Kier alpha value is -3.36. The first-order chi connectivity index (χ1) is 15.3. The Bertz CT molecular complexity index is 1150. The first-order valence-electron chi connectivity index (χ1n) is 10.3. The first kappa shape index (κ1) is 20.5.